The Labute approximate surface area is 149 Å². The lowest BCUT2D eigenvalue weighted by molar-refractivity contribution is 0.0691. The molecule has 1 aromatic heterocycles. The summed E-state index contributed by atoms with van der Waals surface area (Å²) in [4.78, 5) is 28.9. The fourth-order valence-corrected chi connectivity index (χ4v) is 3.50. The third-order valence-electron chi connectivity index (χ3n) is 4.15. The molecule has 0 bridgehead atoms. The Balaban J connectivity index is 1.51. The van der Waals surface area contributed by atoms with Crippen LogP contribution >= 0.6 is 11.3 Å². The number of benzene rings is 1. The van der Waals surface area contributed by atoms with Crippen molar-refractivity contribution in [2.24, 2.45) is 0 Å². The van der Waals surface area contributed by atoms with Gasteiger partial charge in [0.25, 0.3) is 0 Å². The topological polar surface area (TPSA) is 91.8 Å². The van der Waals surface area contributed by atoms with Gasteiger partial charge in [-0.1, -0.05) is 12.1 Å². The molecule has 2 heterocycles. The minimum Gasteiger partial charge on any atom is -0.497 e. The van der Waals surface area contributed by atoms with Gasteiger partial charge in [0.05, 0.1) is 18.2 Å². The van der Waals surface area contributed by atoms with Gasteiger partial charge in [0.2, 0.25) is 0 Å². The monoisotopic (exact) mass is 361 g/mol. The molecule has 25 heavy (non-hydrogen) atoms. The number of aromatic carboxylic acids is 1. The quantitative estimate of drug-likeness (QED) is 0.825. The molecular weight excluding hydrogens is 342 g/mol. The van der Waals surface area contributed by atoms with Crippen molar-refractivity contribution in [3.05, 3.63) is 45.9 Å². The summed E-state index contributed by atoms with van der Waals surface area (Å²) in [6.07, 6.45) is 1.44. The van der Waals surface area contributed by atoms with Gasteiger partial charge in [0.15, 0.2) is 5.69 Å². The molecular formula is C17H19N3O4S. The van der Waals surface area contributed by atoms with Crippen molar-refractivity contribution in [3.8, 4) is 5.75 Å². The first-order valence-corrected chi connectivity index (χ1v) is 8.82. The molecule has 132 valence electrons. The van der Waals surface area contributed by atoms with Crippen LogP contribution in [0.4, 0.5) is 4.79 Å². The first kappa shape index (κ1) is 17.2. The molecule has 2 amide bonds. The Morgan fingerprint density at radius 3 is 2.96 bits per heavy atom. The minimum absolute atomic E-state index is 0.0483. The average molecular weight is 361 g/mol. The number of aromatic nitrogens is 1. The summed E-state index contributed by atoms with van der Waals surface area (Å²) in [6, 6.07) is 7.70. The van der Waals surface area contributed by atoms with Crippen LogP contribution in [0.25, 0.3) is 0 Å². The number of carbonyl (C=O) groups is 2. The summed E-state index contributed by atoms with van der Waals surface area (Å²) in [7, 11) is 1.62. The van der Waals surface area contributed by atoms with Crippen LogP contribution in [0.5, 0.6) is 5.75 Å². The maximum atomic E-state index is 12.3. The fraction of sp³-hybridized carbons (Fsp3) is 0.353. The molecule has 2 aromatic rings. The number of thiazole rings is 1. The summed E-state index contributed by atoms with van der Waals surface area (Å²) >= 11 is 1.29. The van der Waals surface area contributed by atoms with Gasteiger partial charge in [-0.25, -0.2) is 14.6 Å². The molecule has 0 unspecified atom stereocenters. The fourth-order valence-electron chi connectivity index (χ4n) is 2.73. The Kier molecular flexibility index (Phi) is 5.18. The maximum Gasteiger partial charge on any atom is 0.355 e. The molecule has 1 aliphatic rings. The molecule has 0 spiro atoms. The van der Waals surface area contributed by atoms with Gasteiger partial charge in [-0.15, -0.1) is 11.3 Å². The summed E-state index contributed by atoms with van der Waals surface area (Å²) in [5.74, 6) is -0.254. The van der Waals surface area contributed by atoms with Crippen molar-refractivity contribution in [2.75, 3.05) is 20.2 Å². The zero-order valence-electron chi connectivity index (χ0n) is 13.8. The van der Waals surface area contributed by atoms with Gasteiger partial charge in [-0.3, -0.25) is 0 Å². The number of nitrogens with zero attached hydrogens (tertiary/aromatic N) is 2. The lowest BCUT2D eigenvalue weighted by Gasteiger charge is -2.41. The Morgan fingerprint density at radius 1 is 1.48 bits per heavy atom. The van der Waals surface area contributed by atoms with Crippen LogP contribution < -0.4 is 10.1 Å². The number of carbonyl (C=O) groups excluding carboxylic acids is 1. The number of ether oxygens (including phenoxy) is 1. The first-order valence-electron chi connectivity index (χ1n) is 7.94. The van der Waals surface area contributed by atoms with Crippen molar-refractivity contribution in [1.29, 1.82) is 0 Å². The van der Waals surface area contributed by atoms with E-state index in [1.165, 1.54) is 16.7 Å². The molecule has 3 rings (SSSR count). The van der Waals surface area contributed by atoms with Crippen LogP contribution in [0.2, 0.25) is 0 Å². The molecule has 1 atom stereocenters. The molecule has 1 aromatic carbocycles. The molecule has 7 nitrogen and oxygen atoms in total. The third-order valence-corrected chi connectivity index (χ3v) is 5.05. The van der Waals surface area contributed by atoms with E-state index < -0.39 is 5.97 Å². The Hall–Kier alpha value is -2.61. The minimum atomic E-state index is -1.03. The van der Waals surface area contributed by atoms with Gasteiger partial charge >= 0.3 is 12.0 Å². The van der Waals surface area contributed by atoms with E-state index in [-0.39, 0.29) is 17.8 Å². The van der Waals surface area contributed by atoms with Crippen molar-refractivity contribution in [2.45, 2.75) is 18.9 Å². The smallest absolute Gasteiger partial charge is 0.355 e. The van der Waals surface area contributed by atoms with Gasteiger partial charge in [0, 0.05) is 24.9 Å². The van der Waals surface area contributed by atoms with E-state index in [1.54, 1.807) is 12.0 Å². The van der Waals surface area contributed by atoms with Crippen LogP contribution in [0.1, 0.15) is 33.5 Å². The van der Waals surface area contributed by atoms with Crippen molar-refractivity contribution >= 4 is 23.3 Å². The number of carboxylic acid groups (broad SMARTS) is 1. The predicted molar refractivity (Wildman–Crippen MR) is 93.2 cm³/mol. The highest BCUT2D eigenvalue weighted by Crippen LogP contribution is 2.34. The third kappa shape index (κ3) is 3.90. The number of carboxylic acids is 1. The van der Waals surface area contributed by atoms with Gasteiger partial charge in [-0.2, -0.15) is 0 Å². The first-order chi connectivity index (χ1) is 12.1. The molecule has 2 N–H and O–H groups in total. The number of hydrogen-bond donors (Lipinski definition) is 2. The highest BCUT2D eigenvalue weighted by molar-refractivity contribution is 7.09. The molecule has 0 saturated carbocycles. The second kappa shape index (κ2) is 7.52. The number of hydrogen-bond acceptors (Lipinski definition) is 5. The van der Waals surface area contributed by atoms with Crippen LogP contribution in [-0.4, -0.2) is 47.2 Å². The molecule has 1 saturated heterocycles. The van der Waals surface area contributed by atoms with E-state index in [2.05, 4.69) is 10.3 Å². The molecule has 1 fully saturated rings. The summed E-state index contributed by atoms with van der Waals surface area (Å²) < 4.78 is 5.24. The second-order valence-electron chi connectivity index (χ2n) is 5.69. The maximum absolute atomic E-state index is 12.3. The van der Waals surface area contributed by atoms with Gasteiger partial charge in [-0.05, 0) is 24.1 Å². The van der Waals surface area contributed by atoms with Crippen LogP contribution in [-0.2, 0) is 6.42 Å². The number of urea groups is 1. The van der Waals surface area contributed by atoms with E-state index in [0.29, 0.717) is 24.5 Å². The van der Waals surface area contributed by atoms with Gasteiger partial charge < -0.3 is 20.1 Å². The van der Waals surface area contributed by atoms with E-state index >= 15 is 0 Å². The van der Waals surface area contributed by atoms with Crippen molar-refractivity contribution in [1.82, 2.24) is 15.2 Å². The van der Waals surface area contributed by atoms with Crippen molar-refractivity contribution in [3.63, 3.8) is 0 Å². The summed E-state index contributed by atoms with van der Waals surface area (Å²) in [5.41, 5.74) is 1.11. The Bertz CT molecular complexity index is 777. The van der Waals surface area contributed by atoms with Crippen LogP contribution in [0.3, 0.4) is 0 Å². The molecule has 0 radical (unpaired) electrons. The summed E-state index contributed by atoms with van der Waals surface area (Å²) in [6.45, 7) is 1.14. The lowest BCUT2D eigenvalue weighted by atomic mass is 9.95. The van der Waals surface area contributed by atoms with E-state index in [1.807, 2.05) is 24.3 Å². The molecule has 1 aliphatic heterocycles. The molecule has 8 heteroatoms. The largest absolute Gasteiger partial charge is 0.497 e. The predicted octanol–water partition coefficient (Wildman–Crippen LogP) is 2.55. The van der Waals surface area contributed by atoms with Gasteiger partial charge in [0.1, 0.15) is 5.75 Å². The number of likely N-dealkylation sites (tertiary alicyclic amines) is 1. The lowest BCUT2D eigenvalue weighted by Crippen LogP contribution is -2.50. The van der Waals surface area contributed by atoms with E-state index in [4.69, 9.17) is 9.84 Å². The molecule has 0 aliphatic carbocycles. The van der Waals surface area contributed by atoms with Crippen molar-refractivity contribution < 1.29 is 19.4 Å². The number of nitrogens with one attached hydrogen (secondary N) is 1. The average Bonchev–Trinajstić information content (AvgIpc) is 3.03. The van der Waals surface area contributed by atoms with Crippen LogP contribution in [0.15, 0.2) is 29.6 Å². The zero-order valence-corrected chi connectivity index (χ0v) is 14.6. The second-order valence-corrected chi connectivity index (χ2v) is 6.63. The SMILES string of the molecule is COc1cccc([C@@H]2CCN2C(=O)NCCc2nc(C(=O)O)cs2)c1. The van der Waals surface area contributed by atoms with Crippen LogP contribution in [0, 0.1) is 0 Å². The number of rotatable bonds is 6. The highest BCUT2D eigenvalue weighted by Gasteiger charge is 2.33. The number of amides is 2. The van der Waals surface area contributed by atoms with E-state index in [0.717, 1.165) is 17.7 Å². The van der Waals surface area contributed by atoms with E-state index in [9.17, 15) is 9.59 Å². The Morgan fingerprint density at radius 2 is 2.32 bits per heavy atom. The zero-order chi connectivity index (χ0) is 17.8. The summed E-state index contributed by atoms with van der Waals surface area (Å²) in [5, 5.41) is 13.9. The standard InChI is InChI=1S/C17H19N3O4S/c1-24-12-4-2-3-11(9-12)14-6-8-20(14)17(23)18-7-5-15-19-13(10-25-15)16(21)22/h2-4,9-10,14H,5-8H2,1H3,(H,18,23)(H,21,22)/t14-/m0/s1. The normalized spacial score (nSPS) is 16.2. The number of methoxy groups -OCH3 is 1. The highest BCUT2D eigenvalue weighted by atomic mass is 32.1.